The second-order valence-electron chi connectivity index (χ2n) is 3.69. The zero-order chi connectivity index (χ0) is 13.8. The third kappa shape index (κ3) is 3.92. The van der Waals surface area contributed by atoms with Crippen molar-refractivity contribution in [2.75, 3.05) is 22.8 Å². The zero-order valence-electron chi connectivity index (χ0n) is 10.3. The number of nitrogen functional groups attached to an aromatic ring is 1. The van der Waals surface area contributed by atoms with Crippen LogP contribution in [0.4, 0.5) is 11.4 Å². The summed E-state index contributed by atoms with van der Waals surface area (Å²) < 4.78 is 30.3. The number of anilines is 2. The fourth-order valence-corrected chi connectivity index (χ4v) is 2.35. The normalized spacial score (nSPS) is 11.0. The van der Waals surface area contributed by atoms with E-state index in [1.165, 1.54) is 0 Å². The van der Waals surface area contributed by atoms with Crippen LogP contribution in [0.2, 0.25) is 0 Å². The molecule has 3 N–H and O–H groups in total. The Morgan fingerprint density at radius 3 is 2.72 bits per heavy atom. The quantitative estimate of drug-likeness (QED) is 0.612. The number of hydrogen-bond donors (Lipinski definition) is 2. The molecule has 0 heterocycles. The van der Waals surface area contributed by atoms with Crippen LogP contribution in [-0.2, 0) is 19.6 Å². The maximum absolute atomic E-state index is 11.7. The third-order valence-electron chi connectivity index (χ3n) is 2.25. The Kier molecular flexibility index (Phi) is 4.55. The van der Waals surface area contributed by atoms with Crippen LogP contribution in [0.15, 0.2) is 18.2 Å². The highest BCUT2D eigenvalue weighted by Gasteiger charge is 2.18. The zero-order valence-corrected chi connectivity index (χ0v) is 11.1. The summed E-state index contributed by atoms with van der Waals surface area (Å²) in [6, 6.07) is 4.87. The standard InChI is InChI=1S/C11H16N2O4S/c1-3-17-11(14)7-18(15,16)13-10-6-4-5-9(12)8(10)2/h4-6,13H,3,7,12H2,1-2H3. The van der Waals surface area contributed by atoms with Crippen molar-refractivity contribution in [3.8, 4) is 0 Å². The second kappa shape index (κ2) is 5.72. The van der Waals surface area contributed by atoms with E-state index in [2.05, 4.69) is 9.46 Å². The van der Waals surface area contributed by atoms with Crippen LogP contribution in [0.25, 0.3) is 0 Å². The van der Waals surface area contributed by atoms with Gasteiger partial charge < -0.3 is 10.5 Å². The van der Waals surface area contributed by atoms with Gasteiger partial charge in [0.15, 0.2) is 5.75 Å². The summed E-state index contributed by atoms with van der Waals surface area (Å²) in [5.41, 5.74) is 7.12. The number of ether oxygens (including phenoxy) is 1. The Hall–Kier alpha value is -1.76. The highest BCUT2D eigenvalue weighted by Crippen LogP contribution is 2.21. The molecule has 0 unspecified atom stereocenters. The fourth-order valence-electron chi connectivity index (χ4n) is 1.33. The van der Waals surface area contributed by atoms with Crippen molar-refractivity contribution in [2.45, 2.75) is 13.8 Å². The van der Waals surface area contributed by atoms with E-state index in [0.29, 0.717) is 16.9 Å². The first-order valence-corrected chi connectivity index (χ1v) is 7.02. The minimum absolute atomic E-state index is 0.145. The van der Waals surface area contributed by atoms with Crippen molar-refractivity contribution in [1.29, 1.82) is 0 Å². The lowest BCUT2D eigenvalue weighted by Gasteiger charge is -2.11. The first-order chi connectivity index (χ1) is 8.35. The topological polar surface area (TPSA) is 98.5 Å². The Labute approximate surface area is 106 Å². The predicted molar refractivity (Wildman–Crippen MR) is 69.6 cm³/mol. The van der Waals surface area contributed by atoms with E-state index in [-0.39, 0.29) is 6.61 Å². The first kappa shape index (κ1) is 14.3. The van der Waals surface area contributed by atoms with Crippen LogP contribution >= 0.6 is 0 Å². The molecule has 1 aromatic rings. The minimum atomic E-state index is -3.78. The average Bonchev–Trinajstić information content (AvgIpc) is 2.24. The Bertz CT molecular complexity index is 540. The lowest BCUT2D eigenvalue weighted by Crippen LogP contribution is -2.24. The van der Waals surface area contributed by atoms with Gasteiger partial charge in [-0.25, -0.2) is 8.42 Å². The van der Waals surface area contributed by atoms with Crippen molar-refractivity contribution >= 4 is 27.4 Å². The smallest absolute Gasteiger partial charge is 0.323 e. The maximum Gasteiger partial charge on any atom is 0.323 e. The Morgan fingerprint density at radius 2 is 2.11 bits per heavy atom. The second-order valence-corrected chi connectivity index (χ2v) is 5.41. The lowest BCUT2D eigenvalue weighted by atomic mass is 10.2. The van der Waals surface area contributed by atoms with E-state index in [4.69, 9.17) is 5.73 Å². The van der Waals surface area contributed by atoms with E-state index in [1.807, 2.05) is 0 Å². The number of rotatable bonds is 5. The van der Waals surface area contributed by atoms with E-state index in [1.54, 1.807) is 32.0 Å². The lowest BCUT2D eigenvalue weighted by molar-refractivity contribution is -0.139. The number of sulfonamides is 1. The molecule has 0 spiro atoms. The van der Waals surface area contributed by atoms with E-state index in [0.717, 1.165) is 0 Å². The van der Waals surface area contributed by atoms with Gasteiger partial charge in [0.2, 0.25) is 10.0 Å². The van der Waals surface area contributed by atoms with Gasteiger partial charge in [0, 0.05) is 5.69 Å². The molecule has 0 amide bonds. The van der Waals surface area contributed by atoms with Crippen LogP contribution in [0.3, 0.4) is 0 Å². The molecule has 18 heavy (non-hydrogen) atoms. The molecule has 6 nitrogen and oxygen atoms in total. The largest absolute Gasteiger partial charge is 0.465 e. The monoisotopic (exact) mass is 272 g/mol. The van der Waals surface area contributed by atoms with Crippen molar-refractivity contribution in [3.05, 3.63) is 23.8 Å². The minimum Gasteiger partial charge on any atom is -0.465 e. The molecular weight excluding hydrogens is 256 g/mol. The van der Waals surface area contributed by atoms with Crippen molar-refractivity contribution in [3.63, 3.8) is 0 Å². The van der Waals surface area contributed by atoms with Crippen LogP contribution in [-0.4, -0.2) is 26.7 Å². The predicted octanol–water partition coefficient (Wildman–Crippen LogP) is 0.882. The van der Waals surface area contributed by atoms with E-state index >= 15 is 0 Å². The van der Waals surface area contributed by atoms with E-state index < -0.39 is 21.7 Å². The van der Waals surface area contributed by atoms with E-state index in [9.17, 15) is 13.2 Å². The van der Waals surface area contributed by atoms with Crippen molar-refractivity contribution in [2.24, 2.45) is 0 Å². The number of esters is 1. The van der Waals surface area contributed by atoms with Gasteiger partial charge in [-0.05, 0) is 31.5 Å². The summed E-state index contributed by atoms with van der Waals surface area (Å²) in [7, 11) is -3.78. The number of carbonyl (C=O) groups is 1. The maximum atomic E-state index is 11.7. The van der Waals surface area contributed by atoms with Gasteiger partial charge in [0.1, 0.15) is 0 Å². The van der Waals surface area contributed by atoms with Gasteiger partial charge in [-0.3, -0.25) is 9.52 Å². The van der Waals surface area contributed by atoms with Crippen molar-refractivity contribution in [1.82, 2.24) is 0 Å². The number of carbonyl (C=O) groups excluding carboxylic acids is 1. The molecule has 0 fully saturated rings. The van der Waals surface area contributed by atoms with Gasteiger partial charge in [0.25, 0.3) is 0 Å². The third-order valence-corrected chi connectivity index (χ3v) is 3.40. The highest BCUT2D eigenvalue weighted by atomic mass is 32.2. The molecule has 0 aliphatic carbocycles. The first-order valence-electron chi connectivity index (χ1n) is 5.37. The Balaban J connectivity index is 2.83. The van der Waals surface area contributed by atoms with Crippen LogP contribution in [0.5, 0.6) is 0 Å². The molecule has 0 aromatic heterocycles. The summed E-state index contributed by atoms with van der Waals surface area (Å²) >= 11 is 0. The summed E-state index contributed by atoms with van der Waals surface area (Å²) in [6.45, 7) is 3.45. The van der Waals surface area contributed by atoms with Gasteiger partial charge >= 0.3 is 5.97 Å². The van der Waals surface area contributed by atoms with Crippen LogP contribution in [0.1, 0.15) is 12.5 Å². The molecule has 0 aliphatic heterocycles. The summed E-state index contributed by atoms with van der Waals surface area (Å²) in [6.07, 6.45) is 0. The van der Waals surface area contributed by atoms with Crippen molar-refractivity contribution < 1.29 is 17.9 Å². The number of nitrogens with two attached hydrogens (primary N) is 1. The van der Waals surface area contributed by atoms with Gasteiger partial charge in [-0.15, -0.1) is 0 Å². The number of hydrogen-bond acceptors (Lipinski definition) is 5. The van der Waals surface area contributed by atoms with Gasteiger partial charge in [-0.2, -0.15) is 0 Å². The van der Waals surface area contributed by atoms with Crippen LogP contribution in [0, 0.1) is 6.92 Å². The SMILES string of the molecule is CCOC(=O)CS(=O)(=O)Nc1cccc(N)c1C. The molecule has 0 saturated carbocycles. The molecule has 0 saturated heterocycles. The molecule has 100 valence electrons. The summed E-state index contributed by atoms with van der Waals surface area (Å²) in [5, 5.41) is 0. The highest BCUT2D eigenvalue weighted by molar-refractivity contribution is 7.93. The molecule has 1 aromatic carbocycles. The Morgan fingerprint density at radius 1 is 1.44 bits per heavy atom. The molecule has 7 heteroatoms. The molecular formula is C11H16N2O4S. The van der Waals surface area contributed by atoms with Gasteiger partial charge in [0.05, 0.1) is 12.3 Å². The molecule has 0 radical (unpaired) electrons. The fraction of sp³-hybridized carbons (Fsp3) is 0.364. The molecule has 0 atom stereocenters. The molecule has 1 rings (SSSR count). The summed E-state index contributed by atoms with van der Waals surface area (Å²) in [5.74, 6) is -1.50. The molecule has 0 aliphatic rings. The van der Waals surface area contributed by atoms with Crippen LogP contribution < -0.4 is 10.5 Å². The number of nitrogens with one attached hydrogen (secondary N) is 1. The van der Waals surface area contributed by atoms with Gasteiger partial charge in [-0.1, -0.05) is 6.07 Å². The number of benzene rings is 1. The summed E-state index contributed by atoms with van der Waals surface area (Å²) in [4.78, 5) is 11.1. The average molecular weight is 272 g/mol. The molecule has 0 bridgehead atoms.